The number of guanidine groups is 1. The number of aromatic hydroxyl groups is 1. The smallest absolute Gasteiger partial charge is 0.245 e. The third-order valence-electron chi connectivity index (χ3n) is 18.4. The number of nitrogens with zero attached hydrogens (tertiary/aromatic N) is 3. The summed E-state index contributed by atoms with van der Waals surface area (Å²) >= 11 is 0. The maximum absolute atomic E-state index is 14.7. The highest BCUT2D eigenvalue weighted by atomic mass is 16.4. The number of H-pyrrole nitrogens is 2. The Balaban J connectivity index is 0.000000964. The summed E-state index contributed by atoms with van der Waals surface area (Å²) in [5.74, 6) is -8.46. The average Bonchev–Trinajstić information content (AvgIpc) is 1.73. The van der Waals surface area contributed by atoms with Crippen molar-refractivity contribution < 1.29 is 68.1 Å². The summed E-state index contributed by atoms with van der Waals surface area (Å²) in [6, 6.07) is 1.58. The van der Waals surface area contributed by atoms with E-state index in [0.29, 0.717) is 41.6 Å². The molecule has 2 aromatic carbocycles. The van der Waals surface area contributed by atoms with E-state index in [1.54, 1.807) is 45.2 Å². The van der Waals surface area contributed by atoms with Crippen molar-refractivity contribution in [2.75, 3.05) is 26.2 Å². The van der Waals surface area contributed by atoms with Crippen LogP contribution in [0.15, 0.2) is 72.2 Å². The maximum Gasteiger partial charge on any atom is 0.245 e. The first-order valence-corrected chi connectivity index (χ1v) is 37.5. The molecule has 6 rings (SSSR count). The lowest BCUT2D eigenvalue weighted by Gasteiger charge is -2.31. The first-order valence-electron chi connectivity index (χ1n) is 37.5. The number of unbranched alkanes of at least 4 members (excludes halogenated alkanes) is 12. The van der Waals surface area contributed by atoms with E-state index in [0.717, 1.165) is 18.4 Å². The van der Waals surface area contributed by atoms with Crippen molar-refractivity contribution in [1.82, 2.24) is 67.7 Å². The van der Waals surface area contributed by atoms with E-state index in [1.807, 2.05) is 19.9 Å². The summed E-state index contributed by atoms with van der Waals surface area (Å²) < 4.78 is 0. The van der Waals surface area contributed by atoms with E-state index in [1.165, 1.54) is 112 Å². The van der Waals surface area contributed by atoms with Gasteiger partial charge in [-0.05, 0) is 106 Å². The Hall–Kier alpha value is -9.61. The van der Waals surface area contributed by atoms with Crippen molar-refractivity contribution in [2.24, 2.45) is 28.3 Å². The number of aliphatic hydroxyl groups excluding tert-OH is 1. The monoisotopic (exact) mass is 1460 g/mol. The average molecular weight is 1460 g/mol. The summed E-state index contributed by atoms with van der Waals surface area (Å²) in [5.41, 5.74) is 13.3. The molecule has 580 valence electrons. The summed E-state index contributed by atoms with van der Waals surface area (Å²) in [6.45, 7) is 11.1. The number of carbonyl (C=O) groups excluding carboxylic acids is 11. The fourth-order valence-corrected chi connectivity index (χ4v) is 12.8. The quantitative estimate of drug-likeness (QED) is 0.0172. The van der Waals surface area contributed by atoms with Crippen LogP contribution in [0.5, 0.6) is 5.75 Å². The first-order chi connectivity index (χ1) is 50.3. The van der Waals surface area contributed by atoms with Crippen LogP contribution in [0.4, 0.5) is 0 Å². The normalized spacial score (nSPS) is 16.0. The highest BCUT2D eigenvalue weighted by molar-refractivity contribution is 5.99. The van der Waals surface area contributed by atoms with Gasteiger partial charge in [0.2, 0.25) is 59.1 Å². The molecule has 2 aromatic heterocycles. The number of likely N-dealkylation sites (tertiary alicyclic amines) is 1. The van der Waals surface area contributed by atoms with Gasteiger partial charge in [-0.2, -0.15) is 0 Å². The van der Waals surface area contributed by atoms with Crippen LogP contribution in [0, 0.1) is 11.8 Å². The maximum atomic E-state index is 14.7. The Kier molecular flexibility index (Phi) is 37.9. The van der Waals surface area contributed by atoms with Gasteiger partial charge < -0.3 is 94.3 Å². The molecule has 105 heavy (non-hydrogen) atoms. The van der Waals surface area contributed by atoms with Crippen molar-refractivity contribution in [3.05, 3.63) is 84.1 Å². The van der Waals surface area contributed by atoms with E-state index in [9.17, 15) is 68.1 Å². The number of phenols is 1. The Morgan fingerprint density at radius 1 is 0.629 bits per heavy atom. The van der Waals surface area contributed by atoms with Crippen molar-refractivity contribution in [1.29, 1.82) is 0 Å². The molecule has 10 amide bonds. The summed E-state index contributed by atoms with van der Waals surface area (Å²) in [5, 5.41) is 56.1. The van der Waals surface area contributed by atoms with Crippen LogP contribution in [0.3, 0.4) is 0 Å². The summed E-state index contributed by atoms with van der Waals surface area (Å²) in [7, 11) is 0. The van der Waals surface area contributed by atoms with Gasteiger partial charge in [-0.25, -0.2) is 4.98 Å². The molecule has 2 aliphatic rings. The predicted octanol–water partition coefficient (Wildman–Crippen LogP) is 2.78. The van der Waals surface area contributed by atoms with E-state index >= 15 is 0 Å². The molecular weight excluding hydrogens is 1350 g/mol. The molecule has 2 fully saturated rings. The zero-order valence-electron chi connectivity index (χ0n) is 62.0. The second-order valence-corrected chi connectivity index (χ2v) is 28.1. The topological polar surface area (TPSA) is 472 Å². The van der Waals surface area contributed by atoms with Crippen LogP contribution < -0.4 is 64.4 Å². The zero-order chi connectivity index (χ0) is 76.8. The molecular formula is C75H115N16O14-. The van der Waals surface area contributed by atoms with E-state index in [-0.39, 0.29) is 113 Å². The molecule has 17 N–H and O–H groups in total. The number of para-hydroxylation sites is 1. The molecule has 0 spiro atoms. The Bertz CT molecular complexity index is 3430. The van der Waals surface area contributed by atoms with Gasteiger partial charge in [0.15, 0.2) is 5.96 Å². The number of carboxylic acids is 1. The van der Waals surface area contributed by atoms with Crippen LogP contribution in [-0.2, 0) is 72.0 Å². The number of aliphatic hydroxyl groups is 1. The molecule has 0 unspecified atom stereocenters. The zero-order valence-corrected chi connectivity index (χ0v) is 62.0. The Morgan fingerprint density at radius 2 is 1.16 bits per heavy atom. The number of hydrogen-bond donors (Lipinski definition) is 15. The highest BCUT2D eigenvalue weighted by Crippen LogP contribution is 2.23. The molecule has 30 heteroatoms. The molecule has 30 nitrogen and oxygen atoms in total. The van der Waals surface area contributed by atoms with Gasteiger partial charge in [-0.3, -0.25) is 52.9 Å². The lowest BCUT2D eigenvalue weighted by Crippen LogP contribution is -2.61. The largest absolute Gasteiger partial charge is 0.550 e. The number of benzene rings is 2. The minimum atomic E-state index is -1.75. The number of aromatic amines is 2. The number of fused-ring (bicyclic) bond motifs is 1. The number of nitrogens with one attached hydrogen (secondary N) is 11. The second kappa shape index (κ2) is 46.3. The molecule has 2 aliphatic heterocycles. The number of rotatable bonds is 46. The molecule has 0 radical (unpaired) electrons. The highest BCUT2D eigenvalue weighted by Gasteiger charge is 2.40. The lowest BCUT2D eigenvalue weighted by atomic mass is 9.98. The van der Waals surface area contributed by atoms with Gasteiger partial charge in [0, 0.05) is 80.3 Å². The Morgan fingerprint density at radius 3 is 1.70 bits per heavy atom. The fraction of sp³-hybridized carbons (Fsp3) is 0.613. The number of aromatic nitrogens is 3. The third kappa shape index (κ3) is 30.9. The van der Waals surface area contributed by atoms with Crippen LogP contribution in [0.1, 0.15) is 200 Å². The van der Waals surface area contributed by atoms with Gasteiger partial charge in [-0.15, -0.1) is 0 Å². The number of phenolic OH excluding ortho intramolecular Hbond substituents is 1. The standard InChI is InChI=1S/C59H84N16O12.C16H32O2/c1-6-63-57(86)48-14-10-22-75(48)58(87)41(13-9-21-64-59(60)61)68-51(80)42(23-32(2)3)69-52(81)43(24-33(4)5)70-53(82)44(25-34-15-17-37(77)18-16-34)71-56(85)47(30-76)74-54(83)45(26-35-28-65-39-12-8-7-11-38(35)39)72-55(84)46(27-36-29-62-31-66-36)73-50(79)40-19-20-49(78)67-40;1-2-3-4-5-6-7-8-9-10-11-12-13-14-15-16(17)18/h7-8,11-12,15-18,28-29,31-33,40-48,65,76-77H,6,9-10,13-14,19-27,30H2,1-5H3,(H,62,66)(H,63,86)(H,67,78)(H,68,80)(H,69,81)(H,70,82)(H,71,85)(H,72,84)(H,73,79)(H,74,83)(H4,60,61,64);2-15H2,1H3,(H,17,18)/p-1/t40-,41-,42-,43+,44-,45-,46-,47-,48-;/m0./s1. The van der Waals surface area contributed by atoms with Crippen molar-refractivity contribution >= 4 is 81.9 Å². The lowest BCUT2D eigenvalue weighted by molar-refractivity contribution is -0.305. The predicted molar refractivity (Wildman–Crippen MR) is 395 cm³/mol. The fourth-order valence-electron chi connectivity index (χ4n) is 12.8. The number of likely N-dealkylation sites (N-methyl/N-ethyl adjacent to an activating group) is 1. The number of hydrogen-bond acceptors (Lipinski definition) is 16. The van der Waals surface area contributed by atoms with E-state index < -0.39 is 114 Å². The summed E-state index contributed by atoms with van der Waals surface area (Å²) in [6.07, 6.45) is 22.7. The number of amides is 10. The number of aliphatic carboxylic acids is 1. The number of aliphatic imine (C=N–C) groups is 1. The third-order valence-corrected chi connectivity index (χ3v) is 18.4. The number of imidazole rings is 1. The Labute approximate surface area is 615 Å². The van der Waals surface area contributed by atoms with E-state index in [2.05, 4.69) is 74.7 Å². The van der Waals surface area contributed by atoms with Crippen molar-refractivity contribution in [3.8, 4) is 5.75 Å². The number of carboxylic acid groups (broad SMARTS) is 1. The SMILES string of the molecule is CCCCCCCCCCCCCCCC(=O)[O-].CCNC(=O)[C@@H]1CCCN1C(=O)[C@H](CCCN=C(N)N)NC(=O)[C@H](CC(C)C)NC(=O)[C@@H](CC(C)C)NC(=O)[C@H](Cc1ccc(O)cc1)NC(=O)[C@H](CO)NC(=O)[C@H](Cc1c[nH]c2ccccc12)NC(=O)[C@H](Cc1cnc[nH]1)NC(=O)[C@@H]1CCC(=O)N1. The molecule has 0 saturated carbocycles. The molecule has 0 bridgehead atoms. The molecule has 2 saturated heterocycles. The molecule has 9 atom stereocenters. The minimum absolute atomic E-state index is 0.0397. The number of nitrogens with two attached hydrogens (primary N) is 2. The second-order valence-electron chi connectivity index (χ2n) is 28.1. The first kappa shape index (κ1) is 86.0. The van der Waals surface area contributed by atoms with Crippen LogP contribution in [0.2, 0.25) is 0 Å². The van der Waals surface area contributed by atoms with Crippen LogP contribution >= 0.6 is 0 Å². The van der Waals surface area contributed by atoms with Crippen LogP contribution in [0.25, 0.3) is 10.9 Å². The van der Waals surface area contributed by atoms with Crippen LogP contribution in [-0.4, -0.2) is 182 Å². The molecule has 4 heterocycles. The van der Waals surface area contributed by atoms with Gasteiger partial charge >= 0.3 is 0 Å². The van der Waals surface area contributed by atoms with Gasteiger partial charge in [-0.1, -0.05) is 142 Å². The minimum Gasteiger partial charge on any atom is -0.550 e. The van der Waals surface area contributed by atoms with E-state index in [4.69, 9.17) is 11.5 Å². The van der Waals surface area contributed by atoms with Gasteiger partial charge in [0.1, 0.15) is 60.1 Å². The van der Waals surface area contributed by atoms with Gasteiger partial charge in [0.05, 0.1) is 12.9 Å². The molecule has 0 aliphatic carbocycles. The summed E-state index contributed by atoms with van der Waals surface area (Å²) in [4.78, 5) is 165. The number of carbonyl (C=O) groups is 11. The van der Waals surface area contributed by atoms with Crippen molar-refractivity contribution in [2.45, 2.75) is 256 Å². The van der Waals surface area contributed by atoms with Crippen molar-refractivity contribution in [3.63, 3.8) is 0 Å². The van der Waals surface area contributed by atoms with Gasteiger partial charge in [0.25, 0.3) is 0 Å². The molecule has 4 aromatic rings.